The van der Waals surface area contributed by atoms with Crippen LogP contribution in [0.15, 0.2) is 40.9 Å². The van der Waals surface area contributed by atoms with Crippen LogP contribution >= 0.6 is 15.9 Å². The van der Waals surface area contributed by atoms with Crippen molar-refractivity contribution in [2.45, 2.75) is 12.8 Å². The predicted molar refractivity (Wildman–Crippen MR) is 79.0 cm³/mol. The number of nitrogens with zero attached hydrogens (tertiary/aromatic N) is 1. The van der Waals surface area contributed by atoms with E-state index in [0.717, 1.165) is 17.3 Å². The van der Waals surface area contributed by atoms with Crippen LogP contribution < -0.4 is 4.90 Å². The molecule has 1 saturated carbocycles. The normalized spacial score (nSPS) is 34.8. The van der Waals surface area contributed by atoms with E-state index >= 15 is 0 Å². The highest BCUT2D eigenvalue weighted by Crippen LogP contribution is 2.50. The zero-order valence-electron chi connectivity index (χ0n) is 10.8. The summed E-state index contributed by atoms with van der Waals surface area (Å²) in [6.07, 6.45) is 6.36. The number of carbonyl (C=O) groups is 2. The maximum absolute atomic E-state index is 12.7. The van der Waals surface area contributed by atoms with Crippen LogP contribution in [0.1, 0.15) is 12.8 Å². The number of imide groups is 1. The van der Waals surface area contributed by atoms with E-state index in [4.69, 9.17) is 0 Å². The predicted octanol–water partition coefficient (Wildman–Crippen LogP) is 3.15. The summed E-state index contributed by atoms with van der Waals surface area (Å²) in [4.78, 5) is 26.8. The molecule has 1 heterocycles. The Kier molecular flexibility index (Phi) is 2.64. The van der Waals surface area contributed by atoms with Gasteiger partial charge in [0.15, 0.2) is 0 Å². The highest BCUT2D eigenvalue weighted by molar-refractivity contribution is 9.10. The van der Waals surface area contributed by atoms with Gasteiger partial charge in [-0.3, -0.25) is 9.59 Å². The molecule has 3 aliphatic carbocycles. The van der Waals surface area contributed by atoms with Crippen molar-refractivity contribution in [3.63, 3.8) is 0 Å². The molecule has 1 aromatic carbocycles. The van der Waals surface area contributed by atoms with Gasteiger partial charge in [0.2, 0.25) is 11.8 Å². The van der Waals surface area contributed by atoms with Gasteiger partial charge in [0.25, 0.3) is 0 Å². The summed E-state index contributed by atoms with van der Waals surface area (Å²) in [5.74, 6) is 0.196. The van der Waals surface area contributed by atoms with Crippen molar-refractivity contribution in [3.05, 3.63) is 40.9 Å². The molecule has 0 unspecified atom stereocenters. The van der Waals surface area contributed by atoms with E-state index in [2.05, 4.69) is 28.1 Å². The lowest BCUT2D eigenvalue weighted by molar-refractivity contribution is -0.124. The Morgan fingerprint density at radius 3 is 2.10 bits per heavy atom. The molecule has 0 spiro atoms. The van der Waals surface area contributed by atoms with E-state index in [1.807, 2.05) is 24.3 Å². The molecule has 1 saturated heterocycles. The molecular formula is C16H14BrNO2. The van der Waals surface area contributed by atoms with Crippen molar-refractivity contribution in [1.29, 1.82) is 0 Å². The molecule has 102 valence electrons. The third-order valence-corrected chi connectivity index (χ3v) is 5.32. The average molecular weight is 332 g/mol. The van der Waals surface area contributed by atoms with E-state index in [9.17, 15) is 9.59 Å². The largest absolute Gasteiger partial charge is 0.274 e. The molecular weight excluding hydrogens is 318 g/mol. The van der Waals surface area contributed by atoms with Crippen LogP contribution in [0.25, 0.3) is 0 Å². The first-order valence-electron chi connectivity index (χ1n) is 6.98. The van der Waals surface area contributed by atoms with Crippen molar-refractivity contribution in [2.75, 3.05) is 4.90 Å². The van der Waals surface area contributed by atoms with Crippen molar-refractivity contribution in [1.82, 2.24) is 0 Å². The minimum absolute atomic E-state index is 0.0165. The molecule has 0 aromatic heterocycles. The summed E-state index contributed by atoms with van der Waals surface area (Å²) < 4.78 is 0.881. The third-order valence-electron chi connectivity index (χ3n) is 4.83. The second kappa shape index (κ2) is 4.29. The Bertz CT molecular complexity index is 607. The van der Waals surface area contributed by atoms with Crippen LogP contribution in [-0.2, 0) is 9.59 Å². The first-order chi connectivity index (χ1) is 9.66. The van der Waals surface area contributed by atoms with Gasteiger partial charge in [-0.25, -0.2) is 4.90 Å². The third kappa shape index (κ3) is 1.57. The van der Waals surface area contributed by atoms with Gasteiger partial charge in [-0.2, -0.15) is 0 Å². The van der Waals surface area contributed by atoms with Gasteiger partial charge in [0.1, 0.15) is 0 Å². The topological polar surface area (TPSA) is 37.4 Å². The fourth-order valence-electron chi connectivity index (χ4n) is 3.94. The Morgan fingerprint density at radius 1 is 1.00 bits per heavy atom. The Hall–Kier alpha value is -1.42. The number of amides is 2. The number of anilines is 1. The summed E-state index contributed by atoms with van der Waals surface area (Å²) in [6.45, 7) is 0. The van der Waals surface area contributed by atoms with E-state index in [-0.39, 0.29) is 35.5 Å². The van der Waals surface area contributed by atoms with Gasteiger partial charge in [-0.15, -0.1) is 0 Å². The van der Waals surface area contributed by atoms with Crippen molar-refractivity contribution in [2.24, 2.45) is 23.7 Å². The summed E-state index contributed by atoms with van der Waals surface area (Å²) in [6, 6.07) is 7.41. The number of hydrogen-bond donors (Lipinski definition) is 0. The second-order valence-electron chi connectivity index (χ2n) is 5.83. The summed E-state index contributed by atoms with van der Waals surface area (Å²) >= 11 is 3.40. The number of benzene rings is 1. The van der Waals surface area contributed by atoms with Crippen LogP contribution in [0.2, 0.25) is 0 Å². The number of rotatable bonds is 1. The fraction of sp³-hybridized carbons (Fsp3) is 0.375. The molecule has 4 heteroatoms. The Morgan fingerprint density at radius 2 is 1.60 bits per heavy atom. The first kappa shape index (κ1) is 12.3. The lowest BCUT2D eigenvalue weighted by Crippen LogP contribution is -2.38. The summed E-state index contributed by atoms with van der Waals surface area (Å²) in [7, 11) is 0. The van der Waals surface area contributed by atoms with Crippen molar-refractivity contribution < 1.29 is 9.59 Å². The van der Waals surface area contributed by atoms with Crippen molar-refractivity contribution >= 4 is 33.4 Å². The van der Waals surface area contributed by atoms with Gasteiger partial charge in [0, 0.05) is 4.47 Å². The molecule has 2 amide bonds. The monoisotopic (exact) mass is 331 g/mol. The maximum Gasteiger partial charge on any atom is 0.238 e. The quantitative estimate of drug-likeness (QED) is 0.585. The van der Waals surface area contributed by atoms with Crippen molar-refractivity contribution in [3.8, 4) is 0 Å². The zero-order chi connectivity index (χ0) is 13.9. The van der Waals surface area contributed by atoms with Crippen LogP contribution in [0, 0.1) is 23.7 Å². The van der Waals surface area contributed by atoms with Crippen LogP contribution in [0.5, 0.6) is 0 Å². The summed E-state index contributed by atoms with van der Waals surface area (Å²) in [5, 5.41) is 0. The number of carbonyl (C=O) groups excluding carboxylic acids is 2. The lowest BCUT2D eigenvalue weighted by atomic mass is 9.63. The average Bonchev–Trinajstić information content (AvgIpc) is 2.74. The molecule has 4 aliphatic rings. The molecule has 5 rings (SSSR count). The van der Waals surface area contributed by atoms with E-state index < -0.39 is 0 Å². The number of halogens is 1. The van der Waals surface area contributed by atoms with E-state index in [1.54, 1.807) is 0 Å². The van der Waals surface area contributed by atoms with Crippen LogP contribution in [-0.4, -0.2) is 11.8 Å². The van der Waals surface area contributed by atoms with Gasteiger partial charge in [-0.1, -0.05) is 34.1 Å². The highest BCUT2D eigenvalue weighted by Gasteiger charge is 2.56. The minimum atomic E-state index is -0.134. The molecule has 2 bridgehead atoms. The maximum atomic E-state index is 12.7. The molecule has 20 heavy (non-hydrogen) atoms. The number of allylic oxidation sites excluding steroid dienone is 2. The van der Waals surface area contributed by atoms with Gasteiger partial charge in [0.05, 0.1) is 17.5 Å². The minimum Gasteiger partial charge on any atom is -0.274 e. The highest BCUT2D eigenvalue weighted by atomic mass is 79.9. The molecule has 0 N–H and O–H groups in total. The molecule has 0 radical (unpaired) electrons. The molecule has 3 nitrogen and oxygen atoms in total. The zero-order valence-corrected chi connectivity index (χ0v) is 12.4. The van der Waals surface area contributed by atoms with Gasteiger partial charge in [-0.05, 0) is 42.9 Å². The Labute approximate surface area is 125 Å². The van der Waals surface area contributed by atoms with Gasteiger partial charge < -0.3 is 0 Å². The Balaban J connectivity index is 1.77. The van der Waals surface area contributed by atoms with E-state index in [1.165, 1.54) is 4.90 Å². The number of fused-ring (bicyclic) bond motifs is 1. The molecule has 2 fully saturated rings. The SMILES string of the molecule is O=C1[C@H]2[C@H](C(=O)N1c1cccc(Br)c1)[C@@H]1C=C[C@@H]2CC1. The number of hydrogen-bond acceptors (Lipinski definition) is 2. The molecule has 1 aromatic rings. The summed E-state index contributed by atoms with van der Waals surface area (Å²) in [5.41, 5.74) is 0.683. The van der Waals surface area contributed by atoms with E-state index in [0.29, 0.717) is 5.69 Å². The molecule has 1 aliphatic heterocycles. The second-order valence-corrected chi connectivity index (χ2v) is 6.75. The molecule has 4 atom stereocenters. The van der Waals surface area contributed by atoms with Gasteiger partial charge >= 0.3 is 0 Å². The van der Waals surface area contributed by atoms with Crippen LogP contribution in [0.4, 0.5) is 5.69 Å². The lowest BCUT2D eigenvalue weighted by Gasteiger charge is -2.38. The first-order valence-corrected chi connectivity index (χ1v) is 7.78. The smallest absolute Gasteiger partial charge is 0.238 e. The standard InChI is InChI=1S/C16H14BrNO2/c17-11-2-1-3-12(8-11)18-15(19)13-9-4-5-10(7-6-9)14(13)16(18)20/h1-5,8-10,13-14H,6-7H2/t9-,10-,13-,14-/m1/s1. The fourth-order valence-corrected chi connectivity index (χ4v) is 4.33. The van der Waals surface area contributed by atoms with Crippen LogP contribution in [0.3, 0.4) is 0 Å².